The number of benzene rings is 2. The molecule has 4 heterocycles. The van der Waals surface area contributed by atoms with Crippen molar-refractivity contribution in [2.24, 2.45) is 21.6 Å². The summed E-state index contributed by atoms with van der Waals surface area (Å²) in [6, 6.07) is 14.5. The van der Waals surface area contributed by atoms with Crippen LogP contribution in [0.5, 0.6) is 0 Å². The topological polar surface area (TPSA) is 133 Å². The average Bonchev–Trinajstić information content (AvgIpc) is 3.42. The number of nitrogens with two attached hydrogens (primary N) is 1. The lowest BCUT2D eigenvalue weighted by atomic mass is 9.75. The van der Waals surface area contributed by atoms with Crippen molar-refractivity contribution in [3.63, 3.8) is 0 Å². The SMILES string of the molecule is CC(C)(C)C[C@]1(c2ccc(-c3ccn4ccnc4c3)cc2)N=C(N)N([C@H](COC(=O)CC2(C(C)(F)F)CC2)c2ccc(Cl)c(-c3ncnn3C(F)F)c2)C1=O. The number of imidazole rings is 1. The predicted molar refractivity (Wildman–Crippen MR) is 197 cm³/mol. The van der Waals surface area contributed by atoms with Crippen LogP contribution in [0.2, 0.25) is 5.02 Å². The van der Waals surface area contributed by atoms with Crippen LogP contribution in [-0.4, -0.2) is 59.4 Å². The monoisotopic (exact) mass is 778 g/mol. The number of amides is 1. The molecule has 1 aliphatic heterocycles. The number of fused-ring (bicyclic) bond motifs is 1. The lowest BCUT2D eigenvalue weighted by Crippen LogP contribution is -2.47. The van der Waals surface area contributed by atoms with E-state index >= 15 is 4.79 Å². The third kappa shape index (κ3) is 7.17. The molecule has 0 spiro atoms. The number of hydrogen-bond acceptors (Lipinski definition) is 8. The maximum atomic E-state index is 15.1. The molecular formula is C39H39ClF4N8O3. The average molecular weight is 779 g/mol. The normalized spacial score (nSPS) is 18.9. The molecule has 3 aromatic heterocycles. The van der Waals surface area contributed by atoms with E-state index in [9.17, 15) is 22.4 Å². The fraction of sp³-hybridized carbons (Fsp3) is 0.385. The number of carbonyl (C=O) groups excluding carboxylic acids is 2. The molecule has 0 bridgehead atoms. The predicted octanol–water partition coefficient (Wildman–Crippen LogP) is 8.21. The smallest absolute Gasteiger partial charge is 0.335 e. The molecule has 1 aliphatic carbocycles. The van der Waals surface area contributed by atoms with E-state index in [2.05, 4.69) is 15.1 Å². The van der Waals surface area contributed by atoms with Gasteiger partial charge < -0.3 is 14.9 Å². The van der Waals surface area contributed by atoms with Crippen molar-refractivity contribution in [3.05, 3.63) is 95.7 Å². The van der Waals surface area contributed by atoms with Crippen LogP contribution in [0.3, 0.4) is 0 Å². The van der Waals surface area contributed by atoms with Crippen molar-refractivity contribution in [2.45, 2.75) is 77.4 Å². The van der Waals surface area contributed by atoms with Gasteiger partial charge in [0.15, 0.2) is 17.3 Å². The largest absolute Gasteiger partial charge is 0.463 e. The quantitative estimate of drug-likeness (QED) is 0.0998. The van der Waals surface area contributed by atoms with Crippen LogP contribution in [0.15, 0.2) is 84.5 Å². The van der Waals surface area contributed by atoms with Gasteiger partial charge in [-0.25, -0.2) is 23.7 Å². The van der Waals surface area contributed by atoms with Gasteiger partial charge in [-0.2, -0.15) is 18.6 Å². The summed E-state index contributed by atoms with van der Waals surface area (Å²) in [7, 11) is 0. The van der Waals surface area contributed by atoms with Gasteiger partial charge in [0.2, 0.25) is 0 Å². The van der Waals surface area contributed by atoms with Crippen molar-refractivity contribution < 1.29 is 31.9 Å². The number of ether oxygens (including phenoxy) is 1. The van der Waals surface area contributed by atoms with Gasteiger partial charge in [0.1, 0.15) is 18.6 Å². The van der Waals surface area contributed by atoms with Crippen molar-refractivity contribution in [1.29, 1.82) is 0 Å². The molecule has 288 valence electrons. The standard InChI is InChI=1S/C39H39ClF4N8O3/c1-36(2,3)21-39(26-8-5-23(6-9-26)24-11-15-50-16-14-46-30(50)18-24)33(54)51(35(45)49-39)29(20-55-31(53)19-38(12-13-38)37(4,43)44)25-7-10-28(40)27(17-25)32-47-22-48-52(32)34(41)42/h5-11,14-18,22,29,34H,12-13,19-21H2,1-4H3,(H2,45,49)/t29-,39-/m1/s1. The molecule has 11 nitrogen and oxygen atoms in total. The highest BCUT2D eigenvalue weighted by Gasteiger charge is 2.60. The van der Waals surface area contributed by atoms with Gasteiger partial charge in [0.25, 0.3) is 11.8 Å². The number of halogens is 5. The molecule has 7 rings (SSSR count). The maximum absolute atomic E-state index is 15.1. The van der Waals surface area contributed by atoms with Crippen LogP contribution in [0.4, 0.5) is 17.6 Å². The minimum Gasteiger partial charge on any atom is -0.463 e. The van der Waals surface area contributed by atoms with Crippen molar-refractivity contribution >= 4 is 35.1 Å². The summed E-state index contributed by atoms with van der Waals surface area (Å²) in [5, 5.41) is 3.66. The zero-order valence-electron chi connectivity index (χ0n) is 30.5. The number of nitrogens with zero attached hydrogens (tertiary/aromatic N) is 7. The first kappa shape index (κ1) is 38.0. The Morgan fingerprint density at radius 2 is 1.73 bits per heavy atom. The number of rotatable bonds is 12. The van der Waals surface area contributed by atoms with Gasteiger partial charge in [-0.1, -0.05) is 62.7 Å². The van der Waals surface area contributed by atoms with E-state index in [1.54, 1.807) is 6.20 Å². The Kier molecular flexibility index (Phi) is 9.51. The van der Waals surface area contributed by atoms with Crippen LogP contribution in [0.25, 0.3) is 28.2 Å². The summed E-state index contributed by atoms with van der Waals surface area (Å²) in [6.07, 6.45) is 6.43. The lowest BCUT2D eigenvalue weighted by Gasteiger charge is -2.35. The fourth-order valence-electron chi connectivity index (χ4n) is 7.35. The third-order valence-electron chi connectivity index (χ3n) is 10.4. The second-order valence-corrected chi connectivity index (χ2v) is 15.9. The molecule has 0 unspecified atom stereocenters. The molecule has 2 atom stereocenters. The van der Waals surface area contributed by atoms with Crippen LogP contribution in [0.1, 0.15) is 77.1 Å². The van der Waals surface area contributed by atoms with Crippen molar-refractivity contribution in [3.8, 4) is 22.5 Å². The number of guanidine groups is 1. The molecule has 0 radical (unpaired) electrons. The molecular weight excluding hydrogens is 740 g/mol. The first-order valence-corrected chi connectivity index (χ1v) is 18.0. The molecule has 1 fully saturated rings. The highest BCUT2D eigenvalue weighted by atomic mass is 35.5. The molecule has 2 aliphatic rings. The highest BCUT2D eigenvalue weighted by Crippen LogP contribution is 2.59. The second-order valence-electron chi connectivity index (χ2n) is 15.5. The van der Waals surface area contributed by atoms with E-state index in [1.165, 1.54) is 23.1 Å². The van der Waals surface area contributed by atoms with E-state index in [1.807, 2.05) is 74.0 Å². The van der Waals surface area contributed by atoms with E-state index < -0.39 is 59.8 Å². The van der Waals surface area contributed by atoms with E-state index in [0.29, 0.717) is 10.2 Å². The van der Waals surface area contributed by atoms with Crippen molar-refractivity contribution in [1.82, 2.24) is 29.0 Å². The Balaban J connectivity index is 1.27. The summed E-state index contributed by atoms with van der Waals surface area (Å²) in [4.78, 5) is 42.7. The maximum Gasteiger partial charge on any atom is 0.335 e. The molecule has 16 heteroatoms. The van der Waals surface area contributed by atoms with Gasteiger partial charge in [-0.3, -0.25) is 14.5 Å². The van der Waals surface area contributed by atoms with Crippen LogP contribution in [0, 0.1) is 10.8 Å². The molecule has 55 heavy (non-hydrogen) atoms. The summed E-state index contributed by atoms with van der Waals surface area (Å²) in [5.74, 6) is -4.95. The Morgan fingerprint density at radius 3 is 2.38 bits per heavy atom. The minimum atomic E-state index is -3.10. The Hall–Kier alpha value is -5.31. The zero-order chi connectivity index (χ0) is 39.5. The summed E-state index contributed by atoms with van der Waals surface area (Å²) >= 11 is 6.50. The summed E-state index contributed by atoms with van der Waals surface area (Å²) < 4.78 is 64.6. The van der Waals surface area contributed by atoms with Crippen molar-refractivity contribution in [2.75, 3.05) is 6.61 Å². The summed E-state index contributed by atoms with van der Waals surface area (Å²) in [6.45, 7) is 3.11. The van der Waals surface area contributed by atoms with E-state index in [4.69, 9.17) is 27.1 Å². The number of carbonyl (C=O) groups is 2. The molecule has 2 aromatic carbocycles. The Morgan fingerprint density at radius 1 is 1.00 bits per heavy atom. The van der Waals surface area contributed by atoms with Gasteiger partial charge in [-0.15, -0.1) is 0 Å². The Labute approximate surface area is 319 Å². The van der Waals surface area contributed by atoms with Gasteiger partial charge in [0, 0.05) is 29.6 Å². The van der Waals surface area contributed by atoms with Gasteiger partial charge >= 0.3 is 12.5 Å². The first-order valence-electron chi connectivity index (χ1n) is 17.6. The van der Waals surface area contributed by atoms with Gasteiger partial charge in [0.05, 0.1) is 17.5 Å². The number of alkyl halides is 4. The summed E-state index contributed by atoms with van der Waals surface area (Å²) in [5.41, 5.74) is 6.62. The molecule has 5 aromatic rings. The number of aliphatic imine (C=N–C) groups is 1. The van der Waals surface area contributed by atoms with Crippen LogP contribution >= 0.6 is 11.6 Å². The Bertz CT molecular complexity index is 2290. The number of hydrogen-bond donors (Lipinski definition) is 1. The molecule has 0 saturated heterocycles. The fourth-order valence-corrected chi connectivity index (χ4v) is 7.55. The molecule has 1 amide bonds. The number of aromatic nitrogens is 5. The van der Waals surface area contributed by atoms with Crippen LogP contribution < -0.4 is 5.73 Å². The molecule has 1 saturated carbocycles. The number of pyridine rings is 1. The highest BCUT2D eigenvalue weighted by molar-refractivity contribution is 6.33. The minimum absolute atomic E-state index is 0.0544. The lowest BCUT2D eigenvalue weighted by molar-refractivity contribution is -0.153. The molecule has 2 N–H and O–H groups in total. The number of esters is 1. The van der Waals surface area contributed by atoms with E-state index in [0.717, 1.165) is 30.0 Å². The van der Waals surface area contributed by atoms with Crippen LogP contribution in [-0.2, 0) is 19.9 Å². The van der Waals surface area contributed by atoms with Gasteiger partial charge in [-0.05, 0) is 78.1 Å². The zero-order valence-corrected chi connectivity index (χ0v) is 31.3. The second kappa shape index (κ2) is 13.8. The third-order valence-corrected chi connectivity index (χ3v) is 10.7. The first-order chi connectivity index (χ1) is 25.9. The van der Waals surface area contributed by atoms with E-state index in [-0.39, 0.29) is 47.2 Å².